The number of hydrogen-bond donors (Lipinski definition) is 2. The Hall–Kier alpha value is -0.720. The summed E-state index contributed by atoms with van der Waals surface area (Å²) in [5, 5.41) is 6.19. The van der Waals surface area contributed by atoms with Crippen LogP contribution in [-0.4, -0.2) is 30.7 Å². The largest absolute Gasteiger partial charge is 0.496 e. The summed E-state index contributed by atoms with van der Waals surface area (Å²) < 4.78 is 6.09. The Labute approximate surface area is 125 Å². The van der Waals surface area contributed by atoms with E-state index in [0.717, 1.165) is 27.4 Å². The molecular weight excluding hydrogens is 328 g/mol. The van der Waals surface area contributed by atoms with Gasteiger partial charge in [0.25, 0.3) is 0 Å². The molecule has 1 saturated heterocycles. The standard InChI is InChI=1S/C13H17BrN2O2S/c1-8(16-13(17)11-6-19-7-15-11)9-3-4-12(18-2)10(14)5-9/h3-5,8,11,15H,6-7H2,1-2H3,(H,16,17)/t8-,11-/m1/s1. The van der Waals surface area contributed by atoms with Crippen LogP contribution in [0.3, 0.4) is 0 Å². The number of nitrogens with one attached hydrogen (secondary N) is 2. The van der Waals surface area contributed by atoms with Crippen molar-refractivity contribution in [2.24, 2.45) is 0 Å². The molecule has 1 heterocycles. The van der Waals surface area contributed by atoms with Gasteiger partial charge in [-0.2, -0.15) is 0 Å². The molecule has 1 fully saturated rings. The molecule has 2 N–H and O–H groups in total. The van der Waals surface area contributed by atoms with Crippen LogP contribution in [0.2, 0.25) is 0 Å². The summed E-state index contributed by atoms with van der Waals surface area (Å²) in [7, 11) is 1.63. The number of carbonyl (C=O) groups is 1. The molecule has 1 aliphatic heterocycles. The van der Waals surface area contributed by atoms with E-state index in [1.807, 2.05) is 25.1 Å². The first-order valence-electron chi connectivity index (χ1n) is 6.06. The predicted molar refractivity (Wildman–Crippen MR) is 81.5 cm³/mol. The topological polar surface area (TPSA) is 50.4 Å². The molecule has 0 aromatic heterocycles. The van der Waals surface area contributed by atoms with Crippen molar-refractivity contribution in [3.8, 4) is 5.75 Å². The van der Waals surface area contributed by atoms with Crippen LogP contribution in [0.4, 0.5) is 0 Å². The minimum Gasteiger partial charge on any atom is -0.496 e. The van der Waals surface area contributed by atoms with Crippen molar-refractivity contribution >= 4 is 33.6 Å². The Balaban J connectivity index is 2.00. The van der Waals surface area contributed by atoms with Gasteiger partial charge in [-0.25, -0.2) is 0 Å². The maximum Gasteiger partial charge on any atom is 0.238 e. The highest BCUT2D eigenvalue weighted by atomic mass is 79.9. The lowest BCUT2D eigenvalue weighted by molar-refractivity contribution is -0.123. The lowest BCUT2D eigenvalue weighted by atomic mass is 10.1. The van der Waals surface area contributed by atoms with Gasteiger partial charge in [0.05, 0.1) is 23.7 Å². The molecule has 0 radical (unpaired) electrons. The third-order valence-corrected chi connectivity index (χ3v) is 4.63. The molecule has 6 heteroatoms. The minimum absolute atomic E-state index is 0.0258. The van der Waals surface area contributed by atoms with Gasteiger partial charge in [-0.15, -0.1) is 11.8 Å². The van der Waals surface area contributed by atoms with Gasteiger partial charge in [-0.1, -0.05) is 6.07 Å². The number of carbonyl (C=O) groups excluding carboxylic acids is 1. The molecule has 0 unspecified atom stereocenters. The summed E-state index contributed by atoms with van der Waals surface area (Å²) in [6.07, 6.45) is 0. The molecule has 104 valence electrons. The normalized spacial score (nSPS) is 20.1. The van der Waals surface area contributed by atoms with Crippen LogP contribution in [-0.2, 0) is 4.79 Å². The average Bonchev–Trinajstić information content (AvgIpc) is 2.92. The highest BCUT2D eigenvalue weighted by molar-refractivity contribution is 9.10. The molecule has 0 bridgehead atoms. The van der Waals surface area contributed by atoms with Gasteiger partial charge in [0.1, 0.15) is 5.75 Å². The van der Waals surface area contributed by atoms with Crippen LogP contribution < -0.4 is 15.4 Å². The van der Waals surface area contributed by atoms with Crippen molar-refractivity contribution in [3.05, 3.63) is 28.2 Å². The van der Waals surface area contributed by atoms with Crippen molar-refractivity contribution in [2.45, 2.75) is 19.0 Å². The number of ether oxygens (including phenoxy) is 1. The molecule has 1 aromatic carbocycles. The van der Waals surface area contributed by atoms with Crippen molar-refractivity contribution in [2.75, 3.05) is 18.7 Å². The average molecular weight is 345 g/mol. The Kier molecular flexibility index (Phi) is 5.13. The van der Waals surface area contributed by atoms with Crippen molar-refractivity contribution in [1.29, 1.82) is 0 Å². The van der Waals surface area contributed by atoms with E-state index in [2.05, 4.69) is 26.6 Å². The molecule has 4 nitrogen and oxygen atoms in total. The van der Waals surface area contributed by atoms with Gasteiger partial charge in [-0.3, -0.25) is 10.1 Å². The summed E-state index contributed by atoms with van der Waals surface area (Å²) in [4.78, 5) is 12.0. The summed E-state index contributed by atoms with van der Waals surface area (Å²) in [6, 6.07) is 5.73. The van der Waals surface area contributed by atoms with E-state index in [1.165, 1.54) is 0 Å². The molecular formula is C13H17BrN2O2S. The number of thioether (sulfide) groups is 1. The highest BCUT2D eigenvalue weighted by Crippen LogP contribution is 2.28. The van der Waals surface area contributed by atoms with Crippen LogP contribution in [0.1, 0.15) is 18.5 Å². The van der Waals surface area contributed by atoms with Crippen molar-refractivity contribution in [1.82, 2.24) is 10.6 Å². The first-order chi connectivity index (χ1) is 9.11. The molecule has 1 aliphatic rings. The first kappa shape index (κ1) is 14.7. The fourth-order valence-corrected chi connectivity index (χ4v) is 3.41. The summed E-state index contributed by atoms with van der Waals surface area (Å²) >= 11 is 5.20. The van der Waals surface area contributed by atoms with Gasteiger partial charge in [0.15, 0.2) is 0 Å². The zero-order valence-electron chi connectivity index (χ0n) is 10.9. The molecule has 2 atom stereocenters. The molecule has 0 aliphatic carbocycles. The quantitative estimate of drug-likeness (QED) is 0.879. The number of amides is 1. The highest BCUT2D eigenvalue weighted by Gasteiger charge is 2.23. The van der Waals surface area contributed by atoms with Gasteiger partial charge in [0, 0.05) is 11.6 Å². The fourth-order valence-electron chi connectivity index (χ4n) is 1.91. The van der Waals surface area contributed by atoms with E-state index in [4.69, 9.17) is 4.74 Å². The number of benzene rings is 1. The Bertz CT molecular complexity index is 464. The fraction of sp³-hybridized carbons (Fsp3) is 0.462. The smallest absolute Gasteiger partial charge is 0.238 e. The second-order valence-corrected chi connectivity index (χ2v) is 6.28. The van der Waals surface area contributed by atoms with E-state index in [1.54, 1.807) is 18.9 Å². The van der Waals surface area contributed by atoms with Gasteiger partial charge < -0.3 is 10.1 Å². The van der Waals surface area contributed by atoms with Crippen molar-refractivity contribution in [3.63, 3.8) is 0 Å². The van der Waals surface area contributed by atoms with E-state index in [0.29, 0.717) is 0 Å². The number of halogens is 1. The van der Waals surface area contributed by atoms with E-state index >= 15 is 0 Å². The third-order valence-electron chi connectivity index (χ3n) is 3.07. The second kappa shape index (κ2) is 6.63. The predicted octanol–water partition coefficient (Wildman–Crippen LogP) is 2.30. The summed E-state index contributed by atoms with van der Waals surface area (Å²) in [6.45, 7) is 1.98. The van der Waals surface area contributed by atoms with Crippen LogP contribution in [0, 0.1) is 0 Å². The van der Waals surface area contributed by atoms with Crippen LogP contribution in [0.15, 0.2) is 22.7 Å². The van der Waals surface area contributed by atoms with Gasteiger partial charge in [0.2, 0.25) is 5.91 Å². The van der Waals surface area contributed by atoms with Gasteiger partial charge >= 0.3 is 0 Å². The second-order valence-electron chi connectivity index (χ2n) is 4.40. The number of hydrogen-bond acceptors (Lipinski definition) is 4. The molecule has 2 rings (SSSR count). The first-order valence-corrected chi connectivity index (χ1v) is 8.01. The van der Waals surface area contributed by atoms with Crippen molar-refractivity contribution < 1.29 is 9.53 Å². The van der Waals surface area contributed by atoms with Gasteiger partial charge in [-0.05, 0) is 40.5 Å². The molecule has 1 amide bonds. The Morgan fingerprint density at radius 3 is 3.00 bits per heavy atom. The van der Waals surface area contributed by atoms with Crippen LogP contribution in [0.25, 0.3) is 0 Å². The molecule has 0 spiro atoms. The van der Waals surface area contributed by atoms with E-state index in [-0.39, 0.29) is 18.0 Å². The summed E-state index contributed by atoms with van der Waals surface area (Å²) in [5.41, 5.74) is 1.05. The van der Waals surface area contributed by atoms with Crippen LogP contribution in [0.5, 0.6) is 5.75 Å². The minimum atomic E-state index is -0.0749. The van der Waals surface area contributed by atoms with Crippen LogP contribution >= 0.6 is 27.7 Å². The zero-order valence-corrected chi connectivity index (χ0v) is 13.3. The lowest BCUT2D eigenvalue weighted by Gasteiger charge is -2.18. The Morgan fingerprint density at radius 2 is 2.42 bits per heavy atom. The molecule has 0 saturated carbocycles. The zero-order chi connectivity index (χ0) is 13.8. The SMILES string of the molecule is COc1ccc([C@@H](C)NC(=O)[C@H]2CSCN2)cc1Br. The molecule has 1 aromatic rings. The number of methoxy groups -OCH3 is 1. The number of rotatable bonds is 4. The lowest BCUT2D eigenvalue weighted by Crippen LogP contribution is -2.42. The maximum absolute atomic E-state index is 12.0. The van der Waals surface area contributed by atoms with E-state index in [9.17, 15) is 4.79 Å². The summed E-state index contributed by atoms with van der Waals surface area (Å²) in [5.74, 6) is 2.53. The third kappa shape index (κ3) is 3.64. The van der Waals surface area contributed by atoms with E-state index < -0.39 is 0 Å². The Morgan fingerprint density at radius 1 is 1.63 bits per heavy atom. The maximum atomic E-state index is 12.0. The monoisotopic (exact) mass is 344 g/mol. The molecule has 19 heavy (non-hydrogen) atoms.